The quantitative estimate of drug-likeness (QED) is 0.587. The van der Waals surface area contributed by atoms with Crippen molar-refractivity contribution < 1.29 is 0 Å². The summed E-state index contributed by atoms with van der Waals surface area (Å²) in [5.41, 5.74) is 3.91. The van der Waals surface area contributed by atoms with Gasteiger partial charge < -0.3 is 0 Å². The second-order valence-corrected chi connectivity index (χ2v) is 6.14. The first-order valence-electron chi connectivity index (χ1n) is 6.73. The number of rotatable bonds is 4. The highest BCUT2D eigenvalue weighted by atomic mass is 79.9. The predicted molar refractivity (Wildman–Crippen MR) is 80.3 cm³/mol. The number of aromatic nitrogens is 2. The van der Waals surface area contributed by atoms with E-state index in [1.807, 2.05) is 0 Å². The molecular formula is C14H20BrClN2. The van der Waals surface area contributed by atoms with Gasteiger partial charge in [0.25, 0.3) is 0 Å². The van der Waals surface area contributed by atoms with Gasteiger partial charge in [-0.1, -0.05) is 18.6 Å². The molecular weight excluding hydrogens is 312 g/mol. The molecule has 1 heterocycles. The smallest absolute Gasteiger partial charge is 0.0766 e. The number of aryl methyl sites for hydroxylation is 2. The van der Waals surface area contributed by atoms with E-state index in [1.54, 1.807) is 0 Å². The fourth-order valence-electron chi connectivity index (χ4n) is 2.50. The lowest BCUT2D eigenvalue weighted by Crippen LogP contribution is -2.09. The fraction of sp³-hybridized carbons (Fsp3) is 0.643. The zero-order valence-corrected chi connectivity index (χ0v) is 13.4. The van der Waals surface area contributed by atoms with E-state index < -0.39 is 0 Å². The average molecular weight is 332 g/mol. The molecule has 100 valence electrons. The van der Waals surface area contributed by atoms with Crippen molar-refractivity contribution in [3.05, 3.63) is 27.5 Å². The summed E-state index contributed by atoms with van der Waals surface area (Å²) < 4.78 is 3.30. The van der Waals surface area contributed by atoms with E-state index in [-0.39, 0.29) is 5.38 Å². The van der Waals surface area contributed by atoms with Gasteiger partial charge in [0.05, 0.1) is 21.2 Å². The summed E-state index contributed by atoms with van der Waals surface area (Å²) in [7, 11) is 0. The Morgan fingerprint density at radius 1 is 1.50 bits per heavy atom. The van der Waals surface area contributed by atoms with Crippen LogP contribution < -0.4 is 0 Å². The highest BCUT2D eigenvalue weighted by Gasteiger charge is 2.17. The minimum Gasteiger partial charge on any atom is -0.268 e. The van der Waals surface area contributed by atoms with E-state index in [4.69, 9.17) is 11.6 Å². The van der Waals surface area contributed by atoms with Crippen LogP contribution >= 0.6 is 27.5 Å². The van der Waals surface area contributed by atoms with Gasteiger partial charge in [-0.25, -0.2) is 0 Å². The standard InChI is InChI=1S/C14H20BrClN2/c1-3-12-14(15)13(18(4-2)17-12)9-10-6-5-7-11(16)8-10/h8,11H,3-7,9H2,1-2H3. The predicted octanol–water partition coefficient (Wildman–Crippen LogP) is 4.49. The minimum absolute atomic E-state index is 0.219. The molecule has 2 rings (SSSR count). The summed E-state index contributed by atoms with van der Waals surface area (Å²) in [4.78, 5) is 0. The Morgan fingerprint density at radius 3 is 2.89 bits per heavy atom. The normalized spacial score (nSPS) is 20.0. The van der Waals surface area contributed by atoms with Crippen LogP contribution in [0.3, 0.4) is 0 Å². The molecule has 0 spiro atoms. The van der Waals surface area contributed by atoms with Gasteiger partial charge in [0.2, 0.25) is 0 Å². The SMILES string of the molecule is CCc1nn(CC)c(CC2=CC(Cl)CCC2)c1Br. The Balaban J connectivity index is 2.25. The largest absolute Gasteiger partial charge is 0.268 e. The molecule has 0 bridgehead atoms. The topological polar surface area (TPSA) is 17.8 Å². The Morgan fingerprint density at radius 2 is 2.28 bits per heavy atom. The molecule has 0 saturated heterocycles. The van der Waals surface area contributed by atoms with Gasteiger partial charge >= 0.3 is 0 Å². The van der Waals surface area contributed by atoms with E-state index in [1.165, 1.54) is 28.6 Å². The van der Waals surface area contributed by atoms with Gasteiger partial charge in [-0.3, -0.25) is 4.68 Å². The molecule has 0 N–H and O–H groups in total. The number of allylic oxidation sites excluding steroid dienone is 2. The molecule has 2 nitrogen and oxygen atoms in total. The van der Waals surface area contributed by atoms with Crippen LogP contribution in [-0.2, 0) is 19.4 Å². The van der Waals surface area contributed by atoms with Crippen molar-refractivity contribution in [1.82, 2.24) is 9.78 Å². The third-order valence-electron chi connectivity index (χ3n) is 3.48. The number of alkyl halides is 1. The van der Waals surface area contributed by atoms with Crippen molar-refractivity contribution in [1.29, 1.82) is 0 Å². The highest BCUT2D eigenvalue weighted by molar-refractivity contribution is 9.10. The molecule has 0 aliphatic heterocycles. The summed E-state index contributed by atoms with van der Waals surface area (Å²) >= 11 is 9.91. The van der Waals surface area contributed by atoms with Crippen molar-refractivity contribution in [3.63, 3.8) is 0 Å². The molecule has 1 aromatic heterocycles. The number of nitrogens with zero attached hydrogens (tertiary/aromatic N) is 2. The van der Waals surface area contributed by atoms with Crippen LogP contribution in [0.2, 0.25) is 0 Å². The van der Waals surface area contributed by atoms with Crippen LogP contribution in [0, 0.1) is 0 Å². The Hall–Kier alpha value is -0.280. The maximum absolute atomic E-state index is 6.21. The van der Waals surface area contributed by atoms with E-state index in [9.17, 15) is 0 Å². The van der Waals surface area contributed by atoms with Crippen molar-refractivity contribution >= 4 is 27.5 Å². The maximum atomic E-state index is 6.21. The molecule has 0 amide bonds. The Labute approximate surface area is 123 Å². The minimum atomic E-state index is 0.219. The second-order valence-electron chi connectivity index (χ2n) is 4.79. The highest BCUT2D eigenvalue weighted by Crippen LogP contribution is 2.29. The van der Waals surface area contributed by atoms with Crippen LogP contribution in [0.4, 0.5) is 0 Å². The summed E-state index contributed by atoms with van der Waals surface area (Å²) in [6, 6.07) is 0. The zero-order valence-electron chi connectivity index (χ0n) is 11.0. The van der Waals surface area contributed by atoms with Crippen molar-refractivity contribution in [2.24, 2.45) is 0 Å². The lowest BCUT2D eigenvalue weighted by Gasteiger charge is -2.17. The molecule has 4 heteroatoms. The second kappa shape index (κ2) is 6.25. The molecule has 18 heavy (non-hydrogen) atoms. The van der Waals surface area contributed by atoms with Crippen LogP contribution in [0.1, 0.15) is 44.5 Å². The van der Waals surface area contributed by atoms with Crippen LogP contribution in [0.15, 0.2) is 16.1 Å². The lowest BCUT2D eigenvalue weighted by atomic mass is 9.95. The van der Waals surface area contributed by atoms with Gasteiger partial charge in [-0.15, -0.1) is 11.6 Å². The van der Waals surface area contributed by atoms with Crippen molar-refractivity contribution in [2.75, 3.05) is 0 Å². The van der Waals surface area contributed by atoms with Crippen LogP contribution in [0.5, 0.6) is 0 Å². The van der Waals surface area contributed by atoms with Gasteiger partial charge in [0.15, 0.2) is 0 Å². The van der Waals surface area contributed by atoms with E-state index >= 15 is 0 Å². The van der Waals surface area contributed by atoms with Gasteiger partial charge in [0, 0.05) is 13.0 Å². The molecule has 0 fully saturated rings. The molecule has 1 unspecified atom stereocenters. The molecule has 1 atom stereocenters. The van der Waals surface area contributed by atoms with E-state index in [2.05, 4.69) is 45.6 Å². The van der Waals surface area contributed by atoms with Gasteiger partial charge in [-0.05, 0) is 48.5 Å². The third-order valence-corrected chi connectivity index (χ3v) is 4.74. The summed E-state index contributed by atoms with van der Waals surface area (Å²) in [6.07, 6.45) is 7.67. The lowest BCUT2D eigenvalue weighted by molar-refractivity contribution is 0.609. The molecule has 1 aromatic rings. The van der Waals surface area contributed by atoms with Gasteiger partial charge in [-0.2, -0.15) is 5.10 Å². The average Bonchev–Trinajstić information content (AvgIpc) is 2.66. The van der Waals surface area contributed by atoms with Gasteiger partial charge in [0.1, 0.15) is 0 Å². The molecule has 1 aliphatic rings. The third kappa shape index (κ3) is 3.00. The number of hydrogen-bond donors (Lipinski definition) is 0. The first-order chi connectivity index (χ1) is 8.65. The van der Waals surface area contributed by atoms with Crippen LogP contribution in [-0.4, -0.2) is 15.2 Å². The first-order valence-corrected chi connectivity index (χ1v) is 7.96. The molecule has 0 radical (unpaired) electrons. The fourth-order valence-corrected chi connectivity index (χ4v) is 3.53. The number of halogens is 2. The summed E-state index contributed by atoms with van der Waals surface area (Å²) in [5.74, 6) is 0. The Bertz CT molecular complexity index is 451. The van der Waals surface area contributed by atoms with Crippen LogP contribution in [0.25, 0.3) is 0 Å². The van der Waals surface area contributed by atoms with E-state index in [0.29, 0.717) is 0 Å². The molecule has 0 saturated carbocycles. The van der Waals surface area contributed by atoms with E-state index in [0.717, 1.165) is 31.5 Å². The molecule has 1 aliphatic carbocycles. The first kappa shape index (κ1) is 14.1. The summed E-state index contributed by atoms with van der Waals surface area (Å²) in [6.45, 7) is 5.21. The van der Waals surface area contributed by atoms with Crippen molar-refractivity contribution in [3.8, 4) is 0 Å². The maximum Gasteiger partial charge on any atom is 0.0766 e. The monoisotopic (exact) mass is 330 g/mol. The summed E-state index contributed by atoms with van der Waals surface area (Å²) in [5, 5.41) is 4.86. The van der Waals surface area contributed by atoms with Crippen molar-refractivity contribution in [2.45, 2.75) is 57.9 Å². The zero-order chi connectivity index (χ0) is 13.1. The molecule has 0 aromatic carbocycles. The Kier molecular flexibility index (Phi) is 4.91. The number of hydrogen-bond acceptors (Lipinski definition) is 1.